The van der Waals surface area contributed by atoms with E-state index in [1.165, 1.54) is 6.20 Å². The van der Waals surface area contributed by atoms with Gasteiger partial charge in [0.15, 0.2) is 5.65 Å². The van der Waals surface area contributed by atoms with E-state index in [1.807, 2.05) is 0 Å². The number of amides is 1. The third-order valence-corrected chi connectivity index (χ3v) is 5.89. The minimum absolute atomic E-state index is 0.213. The first kappa shape index (κ1) is 20.5. The van der Waals surface area contributed by atoms with E-state index in [9.17, 15) is 14.7 Å². The molecule has 1 aliphatic heterocycles. The lowest BCUT2D eigenvalue weighted by molar-refractivity contribution is 0.0827. The average molecular weight is 438 g/mol. The van der Waals surface area contributed by atoms with Crippen molar-refractivity contribution in [1.82, 2.24) is 29.8 Å². The number of rotatable bonds is 6. The molecule has 3 aromatic rings. The third-order valence-electron chi connectivity index (χ3n) is 5.89. The molecular weight excluding hydrogens is 412 g/mol. The number of piperidine rings is 1. The summed E-state index contributed by atoms with van der Waals surface area (Å²) in [5.41, 5.74) is 0.834. The molecule has 2 atom stereocenters. The molecule has 0 spiro atoms. The number of aliphatic hydroxyl groups excluding tert-OH is 1. The first-order valence-corrected chi connectivity index (χ1v) is 10.8. The predicted octanol–water partition coefficient (Wildman–Crippen LogP) is 0.464. The highest BCUT2D eigenvalue weighted by Crippen LogP contribution is 2.23. The second-order valence-corrected chi connectivity index (χ2v) is 8.20. The van der Waals surface area contributed by atoms with Gasteiger partial charge in [0.1, 0.15) is 22.9 Å². The maximum absolute atomic E-state index is 13.1. The van der Waals surface area contributed by atoms with Gasteiger partial charge in [0.2, 0.25) is 0 Å². The van der Waals surface area contributed by atoms with E-state index in [-0.39, 0.29) is 23.6 Å². The summed E-state index contributed by atoms with van der Waals surface area (Å²) in [7, 11) is 1.75. The first-order valence-electron chi connectivity index (χ1n) is 10.8. The summed E-state index contributed by atoms with van der Waals surface area (Å²) >= 11 is 0. The van der Waals surface area contributed by atoms with E-state index in [1.54, 1.807) is 40.5 Å². The molecule has 0 radical (unpaired) electrons. The molecule has 11 heteroatoms. The van der Waals surface area contributed by atoms with Crippen molar-refractivity contribution < 1.29 is 9.90 Å². The number of nitrogens with zero attached hydrogens (tertiary/aromatic N) is 4. The van der Waals surface area contributed by atoms with Crippen LogP contribution in [0.1, 0.15) is 35.7 Å². The number of carbonyl (C=O) groups excluding carboxylic acids is 1. The summed E-state index contributed by atoms with van der Waals surface area (Å²) in [5, 5.41) is 26.9. The average Bonchev–Trinajstić information content (AvgIpc) is 3.50. The number of aliphatic hydroxyl groups is 1. The van der Waals surface area contributed by atoms with Gasteiger partial charge in [-0.3, -0.25) is 9.59 Å². The Kier molecular flexibility index (Phi) is 5.27. The molecule has 1 saturated heterocycles. The Hall–Kier alpha value is -3.44. The number of pyridine rings is 1. The molecule has 4 heterocycles. The van der Waals surface area contributed by atoms with Gasteiger partial charge in [-0.15, -0.1) is 0 Å². The van der Waals surface area contributed by atoms with Gasteiger partial charge in [-0.05, 0) is 37.9 Å². The molecule has 0 unspecified atom stereocenters. The monoisotopic (exact) mass is 438 g/mol. The number of hydrogen-bond acceptors (Lipinski definition) is 8. The maximum Gasteiger partial charge on any atom is 0.274 e. The van der Waals surface area contributed by atoms with Crippen LogP contribution in [0.5, 0.6) is 0 Å². The standard InChI is InChI=1S/C21H26N8O3/c1-22-18-9-17(27-19-13(10-24-29(18)19)20(31)25-12-4-5-12)26-14-3-2-8-28(21(14)32)15-11-23-7-6-16(15)30/h2-3,8-10,12,15-16,22-23,30H,4-7,11H2,1H3,(H,25,31)(H,26,27)/t15-,16+/m0/s1. The summed E-state index contributed by atoms with van der Waals surface area (Å²) in [6, 6.07) is 5.03. The van der Waals surface area contributed by atoms with Gasteiger partial charge >= 0.3 is 0 Å². The molecule has 0 aromatic carbocycles. The molecule has 3 aromatic heterocycles. The van der Waals surface area contributed by atoms with Crippen molar-refractivity contribution in [3.63, 3.8) is 0 Å². The van der Waals surface area contributed by atoms with Crippen LogP contribution in [0.25, 0.3) is 5.65 Å². The van der Waals surface area contributed by atoms with E-state index in [4.69, 9.17) is 0 Å². The van der Waals surface area contributed by atoms with Crippen molar-refractivity contribution in [2.45, 2.75) is 37.5 Å². The molecule has 32 heavy (non-hydrogen) atoms. The van der Waals surface area contributed by atoms with Crippen LogP contribution in [-0.2, 0) is 0 Å². The molecule has 11 nitrogen and oxygen atoms in total. The number of hydrogen-bond donors (Lipinski definition) is 5. The fourth-order valence-corrected chi connectivity index (χ4v) is 3.97. The van der Waals surface area contributed by atoms with Crippen molar-refractivity contribution in [2.75, 3.05) is 30.8 Å². The molecule has 5 N–H and O–H groups in total. The lowest BCUT2D eigenvalue weighted by atomic mass is 10.0. The van der Waals surface area contributed by atoms with Crippen LogP contribution in [0.4, 0.5) is 17.3 Å². The SMILES string of the molecule is CNc1cc(Nc2cccn([C@H]3CNCC[C@H]3O)c2=O)nc2c(C(=O)NC3CC3)cnn12. The van der Waals surface area contributed by atoms with Gasteiger partial charge < -0.3 is 30.9 Å². The number of nitrogens with one attached hydrogen (secondary N) is 4. The number of fused-ring (bicyclic) bond motifs is 1. The van der Waals surface area contributed by atoms with Crippen LogP contribution in [0.2, 0.25) is 0 Å². The van der Waals surface area contributed by atoms with Gasteiger partial charge in [-0.25, -0.2) is 4.98 Å². The second kappa shape index (κ2) is 8.24. The van der Waals surface area contributed by atoms with Gasteiger partial charge in [0.05, 0.1) is 18.3 Å². The molecule has 1 saturated carbocycles. The maximum atomic E-state index is 13.1. The van der Waals surface area contributed by atoms with Crippen LogP contribution < -0.4 is 26.8 Å². The Bertz CT molecular complexity index is 1220. The molecule has 0 bridgehead atoms. The lowest BCUT2D eigenvalue weighted by Crippen LogP contribution is -2.44. The zero-order chi connectivity index (χ0) is 22.2. The largest absolute Gasteiger partial charge is 0.391 e. The summed E-state index contributed by atoms with van der Waals surface area (Å²) in [6.07, 6.45) is 5.15. The number of carbonyl (C=O) groups is 1. The van der Waals surface area contributed by atoms with Crippen LogP contribution in [-0.4, -0.2) is 62.5 Å². The fraction of sp³-hybridized carbons (Fsp3) is 0.429. The van der Waals surface area contributed by atoms with E-state index in [0.29, 0.717) is 41.5 Å². The molecule has 168 valence electrons. The van der Waals surface area contributed by atoms with Gasteiger partial charge in [0, 0.05) is 31.9 Å². The minimum Gasteiger partial charge on any atom is -0.391 e. The molecule has 5 rings (SSSR count). The highest BCUT2D eigenvalue weighted by Gasteiger charge is 2.27. The van der Waals surface area contributed by atoms with Gasteiger partial charge in [0.25, 0.3) is 11.5 Å². The molecule has 1 amide bonds. The van der Waals surface area contributed by atoms with E-state index in [0.717, 1.165) is 19.4 Å². The van der Waals surface area contributed by atoms with Crippen molar-refractivity contribution >= 4 is 28.9 Å². The van der Waals surface area contributed by atoms with Crippen LogP contribution >= 0.6 is 0 Å². The van der Waals surface area contributed by atoms with Crippen molar-refractivity contribution in [1.29, 1.82) is 0 Å². The molecular formula is C21H26N8O3. The van der Waals surface area contributed by atoms with Gasteiger partial charge in [-0.1, -0.05) is 0 Å². The molecule has 1 aliphatic carbocycles. The zero-order valence-corrected chi connectivity index (χ0v) is 17.7. The first-order chi connectivity index (χ1) is 15.5. The van der Waals surface area contributed by atoms with Gasteiger partial charge in [-0.2, -0.15) is 9.61 Å². The summed E-state index contributed by atoms with van der Waals surface area (Å²) in [6.45, 7) is 1.25. The normalized spacial score (nSPS) is 20.8. The predicted molar refractivity (Wildman–Crippen MR) is 120 cm³/mol. The highest BCUT2D eigenvalue weighted by atomic mass is 16.3. The van der Waals surface area contributed by atoms with Crippen LogP contribution in [0.3, 0.4) is 0 Å². The Morgan fingerprint density at radius 1 is 1.31 bits per heavy atom. The molecule has 2 aliphatic rings. The van der Waals surface area contributed by atoms with E-state index in [2.05, 4.69) is 31.3 Å². The second-order valence-electron chi connectivity index (χ2n) is 8.20. The van der Waals surface area contributed by atoms with Crippen LogP contribution in [0, 0.1) is 0 Å². The topological polar surface area (TPSA) is 138 Å². The summed E-state index contributed by atoms with van der Waals surface area (Å²) in [5.74, 6) is 0.807. The number of aromatic nitrogens is 4. The third kappa shape index (κ3) is 3.80. The smallest absolute Gasteiger partial charge is 0.274 e. The van der Waals surface area contributed by atoms with Crippen LogP contribution in [0.15, 0.2) is 35.4 Å². The zero-order valence-electron chi connectivity index (χ0n) is 17.7. The minimum atomic E-state index is -0.589. The highest BCUT2D eigenvalue weighted by molar-refractivity contribution is 6.00. The Morgan fingerprint density at radius 3 is 2.91 bits per heavy atom. The molecule has 2 fully saturated rings. The van der Waals surface area contributed by atoms with E-state index >= 15 is 0 Å². The fourth-order valence-electron chi connectivity index (χ4n) is 3.97. The summed E-state index contributed by atoms with van der Waals surface area (Å²) in [4.78, 5) is 30.3. The Morgan fingerprint density at radius 2 is 2.16 bits per heavy atom. The van der Waals surface area contributed by atoms with E-state index < -0.39 is 6.10 Å². The Labute approximate surface area is 183 Å². The van der Waals surface area contributed by atoms with Crippen molar-refractivity contribution in [3.8, 4) is 0 Å². The van der Waals surface area contributed by atoms with Crippen molar-refractivity contribution in [2.24, 2.45) is 0 Å². The quantitative estimate of drug-likeness (QED) is 0.374. The number of anilines is 3. The summed E-state index contributed by atoms with van der Waals surface area (Å²) < 4.78 is 3.10. The Balaban J connectivity index is 1.49. The van der Waals surface area contributed by atoms with Crippen molar-refractivity contribution in [3.05, 3.63) is 46.5 Å². The lowest BCUT2D eigenvalue weighted by Gasteiger charge is -2.30.